The van der Waals surface area contributed by atoms with Crippen molar-refractivity contribution >= 4 is 11.9 Å². The molecule has 0 atom stereocenters. The van der Waals surface area contributed by atoms with E-state index in [-0.39, 0.29) is 17.1 Å². The number of carbonyl (C=O) groups is 1. The van der Waals surface area contributed by atoms with Crippen molar-refractivity contribution in [1.29, 1.82) is 0 Å². The number of carbonyl (C=O) groups excluding carboxylic acids is 1. The van der Waals surface area contributed by atoms with Crippen LogP contribution in [0.5, 0.6) is 11.5 Å². The third-order valence-electron chi connectivity index (χ3n) is 5.21. The highest BCUT2D eigenvalue weighted by Gasteiger charge is 2.10. The van der Waals surface area contributed by atoms with Crippen molar-refractivity contribution in [2.45, 2.75) is 13.8 Å². The first-order chi connectivity index (χ1) is 15.8. The van der Waals surface area contributed by atoms with Crippen LogP contribution in [0.4, 0.5) is 4.39 Å². The molecule has 0 aliphatic carbocycles. The molecule has 0 radical (unpaired) electrons. The predicted octanol–water partition coefficient (Wildman–Crippen LogP) is 5.95. The molecule has 0 saturated carbocycles. The molecule has 0 heterocycles. The van der Waals surface area contributed by atoms with Crippen LogP contribution in [0.15, 0.2) is 60.7 Å². The van der Waals surface area contributed by atoms with E-state index in [1.54, 1.807) is 12.1 Å². The molecule has 5 heteroatoms. The highest BCUT2D eigenvalue weighted by Crippen LogP contribution is 2.29. The molecule has 4 nitrogen and oxygen atoms in total. The molecule has 0 saturated heterocycles. The van der Waals surface area contributed by atoms with E-state index in [2.05, 4.69) is 32.0 Å². The van der Waals surface area contributed by atoms with Crippen LogP contribution in [0.2, 0.25) is 0 Å². The summed E-state index contributed by atoms with van der Waals surface area (Å²) in [7, 11) is 5.36. The number of allylic oxidation sites excluding steroid dienone is 1. The van der Waals surface area contributed by atoms with Crippen LogP contribution in [0.1, 0.15) is 27.0 Å². The topological polar surface area (TPSA) is 38.8 Å². The number of halogens is 1. The molecule has 0 aromatic heterocycles. The molecule has 3 aromatic rings. The number of hydrogen-bond donors (Lipinski definition) is 0. The fraction of sp³-hybridized carbons (Fsp3) is 0.250. The number of aryl methyl sites for hydroxylation is 2. The Labute approximate surface area is 195 Å². The molecular formula is C28H30FNO3. The van der Waals surface area contributed by atoms with Gasteiger partial charge in [-0.1, -0.05) is 35.4 Å². The zero-order chi connectivity index (χ0) is 24.0. The summed E-state index contributed by atoms with van der Waals surface area (Å²) in [5.41, 5.74) is 5.54. The van der Waals surface area contributed by atoms with E-state index >= 15 is 0 Å². The lowest BCUT2D eigenvalue weighted by molar-refractivity contribution is 0.104. The normalized spacial score (nSPS) is 11.2. The quantitative estimate of drug-likeness (QED) is 0.300. The number of hydrogen-bond acceptors (Lipinski definition) is 4. The molecule has 172 valence electrons. The average molecular weight is 448 g/mol. The van der Waals surface area contributed by atoms with E-state index in [0.717, 1.165) is 23.2 Å². The highest BCUT2D eigenvalue weighted by molar-refractivity contribution is 6.07. The van der Waals surface area contributed by atoms with Crippen molar-refractivity contribution in [3.05, 3.63) is 88.7 Å². The van der Waals surface area contributed by atoms with Crippen molar-refractivity contribution < 1.29 is 18.7 Å². The van der Waals surface area contributed by atoms with Crippen molar-refractivity contribution in [3.8, 4) is 22.6 Å². The molecule has 0 aliphatic heterocycles. The summed E-state index contributed by atoms with van der Waals surface area (Å²) in [5.74, 6) is -0.0722. The molecular weight excluding hydrogens is 417 g/mol. The van der Waals surface area contributed by atoms with Gasteiger partial charge in [0.1, 0.15) is 12.4 Å². The lowest BCUT2D eigenvalue weighted by atomic mass is 9.98. The number of nitrogens with zero attached hydrogens (tertiary/aromatic N) is 1. The van der Waals surface area contributed by atoms with E-state index in [0.29, 0.717) is 12.4 Å². The van der Waals surface area contributed by atoms with Crippen molar-refractivity contribution in [2.24, 2.45) is 0 Å². The number of ether oxygens (including phenoxy) is 2. The second-order valence-electron chi connectivity index (χ2n) is 8.33. The summed E-state index contributed by atoms with van der Waals surface area (Å²) in [6.07, 6.45) is 3.17. The fourth-order valence-electron chi connectivity index (χ4n) is 3.55. The monoisotopic (exact) mass is 447 g/mol. The molecule has 3 aromatic carbocycles. The molecule has 0 bridgehead atoms. The van der Waals surface area contributed by atoms with Crippen molar-refractivity contribution in [3.63, 3.8) is 0 Å². The summed E-state index contributed by atoms with van der Waals surface area (Å²) < 4.78 is 24.9. The standard InChI is InChI=1S/C28H30FNO3/c1-19-14-20(2)16-24(15-19)21-7-10-27(33-13-12-30(3)4)23(17-21)6-9-26(31)22-8-11-28(32-5)25(29)18-22/h6-11,14-18H,12-13H2,1-5H3. The van der Waals surface area contributed by atoms with Crippen LogP contribution in [0, 0.1) is 19.7 Å². The second-order valence-corrected chi connectivity index (χ2v) is 8.33. The Bertz CT molecular complexity index is 1150. The van der Waals surface area contributed by atoms with Gasteiger partial charge in [0.15, 0.2) is 17.3 Å². The molecule has 0 N–H and O–H groups in total. The maximum absolute atomic E-state index is 14.0. The lowest BCUT2D eigenvalue weighted by Crippen LogP contribution is -2.19. The van der Waals surface area contributed by atoms with E-state index in [1.165, 1.54) is 36.4 Å². The van der Waals surface area contributed by atoms with Gasteiger partial charge in [-0.15, -0.1) is 0 Å². The second kappa shape index (κ2) is 10.9. The van der Waals surface area contributed by atoms with Gasteiger partial charge in [0.05, 0.1) is 7.11 Å². The van der Waals surface area contributed by atoms with Crippen LogP contribution in [0.25, 0.3) is 17.2 Å². The minimum Gasteiger partial charge on any atom is -0.494 e. The van der Waals surface area contributed by atoms with Gasteiger partial charge in [0.2, 0.25) is 0 Å². The Morgan fingerprint density at radius 1 is 0.939 bits per heavy atom. The third kappa shape index (κ3) is 6.53. The predicted molar refractivity (Wildman–Crippen MR) is 132 cm³/mol. The summed E-state index contributed by atoms with van der Waals surface area (Å²) in [5, 5.41) is 0. The zero-order valence-corrected chi connectivity index (χ0v) is 19.8. The van der Waals surface area contributed by atoms with Crippen molar-refractivity contribution in [1.82, 2.24) is 4.90 Å². The minimum atomic E-state index is -0.568. The van der Waals surface area contributed by atoms with Gasteiger partial charge in [-0.25, -0.2) is 4.39 Å². The van der Waals surface area contributed by atoms with Gasteiger partial charge >= 0.3 is 0 Å². The highest BCUT2D eigenvalue weighted by atomic mass is 19.1. The Morgan fingerprint density at radius 2 is 1.64 bits per heavy atom. The summed E-state index contributed by atoms with van der Waals surface area (Å²) in [6, 6.07) is 16.6. The largest absolute Gasteiger partial charge is 0.494 e. The SMILES string of the molecule is COc1ccc(C(=O)C=Cc2cc(-c3cc(C)cc(C)c3)ccc2OCCN(C)C)cc1F. The number of likely N-dealkylation sites (N-methyl/N-ethyl adjacent to an activating group) is 1. The van der Waals surface area contributed by atoms with Crippen LogP contribution in [-0.2, 0) is 0 Å². The minimum absolute atomic E-state index is 0.105. The lowest BCUT2D eigenvalue weighted by Gasteiger charge is -2.14. The molecule has 0 spiro atoms. The summed E-state index contributed by atoms with van der Waals surface area (Å²) in [6.45, 7) is 5.44. The van der Waals surface area contributed by atoms with Crippen LogP contribution < -0.4 is 9.47 Å². The van der Waals surface area contributed by atoms with Gasteiger partial charge in [-0.05, 0) is 81.6 Å². The molecule has 0 amide bonds. The maximum Gasteiger partial charge on any atom is 0.185 e. The first-order valence-corrected chi connectivity index (χ1v) is 10.8. The summed E-state index contributed by atoms with van der Waals surface area (Å²) >= 11 is 0. The first-order valence-electron chi connectivity index (χ1n) is 10.8. The van der Waals surface area contributed by atoms with Crippen LogP contribution in [-0.4, -0.2) is 45.0 Å². The Morgan fingerprint density at radius 3 is 2.27 bits per heavy atom. The van der Waals surface area contributed by atoms with Crippen molar-refractivity contribution in [2.75, 3.05) is 34.4 Å². The van der Waals surface area contributed by atoms with E-state index < -0.39 is 5.82 Å². The Hall–Kier alpha value is -3.44. The van der Waals surface area contributed by atoms with E-state index in [4.69, 9.17) is 9.47 Å². The number of methoxy groups -OCH3 is 1. The van der Waals surface area contributed by atoms with E-state index in [9.17, 15) is 9.18 Å². The average Bonchev–Trinajstić information content (AvgIpc) is 2.77. The molecule has 0 fully saturated rings. The number of ketones is 1. The smallest absolute Gasteiger partial charge is 0.185 e. The fourth-order valence-corrected chi connectivity index (χ4v) is 3.55. The number of rotatable bonds is 9. The van der Waals surface area contributed by atoms with Crippen LogP contribution >= 0.6 is 0 Å². The molecule has 33 heavy (non-hydrogen) atoms. The van der Waals surface area contributed by atoms with Gasteiger partial charge in [0, 0.05) is 17.7 Å². The Balaban J connectivity index is 1.93. The number of benzene rings is 3. The Kier molecular flexibility index (Phi) is 8.01. The van der Waals surface area contributed by atoms with Gasteiger partial charge in [-0.2, -0.15) is 0 Å². The van der Waals surface area contributed by atoms with E-state index in [1.807, 2.05) is 37.2 Å². The molecule has 0 unspecified atom stereocenters. The molecule has 0 aliphatic rings. The summed E-state index contributed by atoms with van der Waals surface area (Å²) in [4.78, 5) is 14.7. The maximum atomic E-state index is 14.0. The molecule has 3 rings (SSSR count). The first kappa shape index (κ1) is 24.2. The van der Waals surface area contributed by atoms with Gasteiger partial charge in [-0.3, -0.25) is 4.79 Å². The third-order valence-corrected chi connectivity index (χ3v) is 5.21. The van der Waals surface area contributed by atoms with Crippen LogP contribution in [0.3, 0.4) is 0 Å². The van der Waals surface area contributed by atoms with Gasteiger partial charge in [0.25, 0.3) is 0 Å². The zero-order valence-electron chi connectivity index (χ0n) is 19.8. The van der Waals surface area contributed by atoms with Gasteiger partial charge < -0.3 is 14.4 Å².